The number of halogens is 3. The largest absolute Gasteiger partial charge is 0.381 e. The summed E-state index contributed by atoms with van der Waals surface area (Å²) >= 11 is 0. The Labute approximate surface area is 128 Å². The Morgan fingerprint density at radius 2 is 2.05 bits per heavy atom. The molecule has 0 spiro atoms. The van der Waals surface area contributed by atoms with Gasteiger partial charge in [-0.05, 0) is 37.0 Å². The zero-order valence-electron chi connectivity index (χ0n) is 11.5. The summed E-state index contributed by atoms with van der Waals surface area (Å²) in [6, 6.07) is 2.50. The van der Waals surface area contributed by atoms with Gasteiger partial charge >= 0.3 is 0 Å². The minimum absolute atomic E-state index is 0. The van der Waals surface area contributed by atoms with Crippen LogP contribution < -0.4 is 11.1 Å². The molecule has 7 heteroatoms. The smallest absolute Gasteiger partial charge is 0.237 e. The number of amides is 1. The van der Waals surface area contributed by atoms with Crippen molar-refractivity contribution >= 4 is 18.3 Å². The van der Waals surface area contributed by atoms with Crippen molar-refractivity contribution in [2.24, 2.45) is 11.7 Å². The maximum absolute atomic E-state index is 13.4. The Hall–Kier alpha value is -1.24. The lowest BCUT2D eigenvalue weighted by Crippen LogP contribution is -2.46. The second-order valence-electron chi connectivity index (χ2n) is 4.93. The molecule has 1 aromatic carbocycles. The molecule has 1 unspecified atom stereocenters. The SMILES string of the molecule is Cl.NC(C(=O)NCc1cc(F)ccc1F)C1CCOCC1. The summed E-state index contributed by atoms with van der Waals surface area (Å²) in [4.78, 5) is 11.9. The fourth-order valence-electron chi connectivity index (χ4n) is 2.27. The number of rotatable bonds is 4. The highest BCUT2D eigenvalue weighted by molar-refractivity contribution is 5.85. The molecule has 1 fully saturated rings. The van der Waals surface area contributed by atoms with Crippen LogP contribution in [0.2, 0.25) is 0 Å². The molecule has 2 rings (SSSR count). The molecule has 118 valence electrons. The molecular formula is C14H19ClF2N2O2. The minimum atomic E-state index is -0.643. The molecule has 1 heterocycles. The molecule has 4 nitrogen and oxygen atoms in total. The van der Waals surface area contributed by atoms with Gasteiger partial charge < -0.3 is 15.8 Å². The monoisotopic (exact) mass is 320 g/mol. The van der Waals surface area contributed by atoms with Crippen molar-refractivity contribution < 1.29 is 18.3 Å². The lowest BCUT2D eigenvalue weighted by atomic mass is 9.92. The number of carbonyl (C=O) groups is 1. The number of hydrogen-bond acceptors (Lipinski definition) is 3. The Balaban J connectivity index is 0.00000220. The molecule has 21 heavy (non-hydrogen) atoms. The first-order valence-electron chi connectivity index (χ1n) is 6.63. The first-order chi connectivity index (χ1) is 9.58. The van der Waals surface area contributed by atoms with E-state index >= 15 is 0 Å². The minimum Gasteiger partial charge on any atom is -0.381 e. The molecular weight excluding hydrogens is 302 g/mol. The third-order valence-electron chi connectivity index (χ3n) is 3.54. The number of hydrogen-bond donors (Lipinski definition) is 2. The van der Waals surface area contributed by atoms with Crippen LogP contribution in [0.25, 0.3) is 0 Å². The number of carbonyl (C=O) groups excluding carboxylic acids is 1. The van der Waals surface area contributed by atoms with Crippen molar-refractivity contribution in [2.45, 2.75) is 25.4 Å². The second kappa shape index (κ2) is 8.26. The van der Waals surface area contributed by atoms with E-state index in [1.54, 1.807) is 0 Å². The zero-order valence-corrected chi connectivity index (χ0v) is 12.3. The summed E-state index contributed by atoms with van der Waals surface area (Å²) in [5.41, 5.74) is 6.00. The van der Waals surface area contributed by atoms with Crippen LogP contribution in [-0.2, 0) is 16.1 Å². The fraction of sp³-hybridized carbons (Fsp3) is 0.500. The van der Waals surface area contributed by atoms with Crippen LogP contribution in [0.3, 0.4) is 0 Å². The van der Waals surface area contributed by atoms with Crippen molar-refractivity contribution in [2.75, 3.05) is 13.2 Å². The van der Waals surface area contributed by atoms with Gasteiger partial charge in [-0.1, -0.05) is 0 Å². The molecule has 1 amide bonds. The van der Waals surface area contributed by atoms with Crippen LogP contribution in [0, 0.1) is 17.6 Å². The number of ether oxygens (including phenoxy) is 1. The van der Waals surface area contributed by atoms with Crippen molar-refractivity contribution in [1.29, 1.82) is 0 Å². The Morgan fingerprint density at radius 3 is 2.71 bits per heavy atom. The van der Waals surface area contributed by atoms with Gasteiger partial charge in [0.05, 0.1) is 6.04 Å². The third kappa shape index (κ3) is 4.91. The predicted octanol–water partition coefficient (Wildman–Crippen LogP) is 1.76. The average Bonchev–Trinajstić information content (AvgIpc) is 2.48. The Bertz CT molecular complexity index is 482. The highest BCUT2D eigenvalue weighted by Crippen LogP contribution is 2.18. The van der Waals surface area contributed by atoms with Crippen LogP contribution in [-0.4, -0.2) is 25.2 Å². The van der Waals surface area contributed by atoms with E-state index in [0.29, 0.717) is 13.2 Å². The number of benzene rings is 1. The van der Waals surface area contributed by atoms with Crippen molar-refractivity contribution in [3.05, 3.63) is 35.4 Å². The normalized spacial score (nSPS) is 16.9. The van der Waals surface area contributed by atoms with Gasteiger partial charge in [0, 0.05) is 25.3 Å². The molecule has 1 aliphatic heterocycles. The van der Waals surface area contributed by atoms with E-state index in [1.807, 2.05) is 0 Å². The third-order valence-corrected chi connectivity index (χ3v) is 3.54. The molecule has 1 atom stereocenters. The van der Waals surface area contributed by atoms with E-state index in [1.165, 1.54) is 0 Å². The molecule has 1 saturated heterocycles. The van der Waals surface area contributed by atoms with Gasteiger partial charge in [-0.3, -0.25) is 4.79 Å². The summed E-state index contributed by atoms with van der Waals surface area (Å²) in [5, 5.41) is 2.55. The van der Waals surface area contributed by atoms with E-state index in [0.717, 1.165) is 31.0 Å². The zero-order chi connectivity index (χ0) is 14.5. The van der Waals surface area contributed by atoms with E-state index in [9.17, 15) is 13.6 Å². The van der Waals surface area contributed by atoms with Crippen LogP contribution in [0.1, 0.15) is 18.4 Å². The first-order valence-corrected chi connectivity index (χ1v) is 6.63. The molecule has 0 aliphatic carbocycles. The molecule has 0 bridgehead atoms. The van der Waals surface area contributed by atoms with Crippen LogP contribution in [0.15, 0.2) is 18.2 Å². The molecule has 1 aliphatic rings. The predicted molar refractivity (Wildman–Crippen MR) is 77.0 cm³/mol. The maximum atomic E-state index is 13.4. The Morgan fingerprint density at radius 1 is 1.38 bits per heavy atom. The van der Waals surface area contributed by atoms with Gasteiger partial charge in [-0.15, -0.1) is 12.4 Å². The van der Waals surface area contributed by atoms with Crippen molar-refractivity contribution in [3.63, 3.8) is 0 Å². The Kier molecular flexibility index (Phi) is 7.01. The molecule has 3 N–H and O–H groups in total. The average molecular weight is 321 g/mol. The highest BCUT2D eigenvalue weighted by atomic mass is 35.5. The van der Waals surface area contributed by atoms with Gasteiger partial charge in [0.2, 0.25) is 5.91 Å². The van der Waals surface area contributed by atoms with E-state index < -0.39 is 17.7 Å². The number of nitrogens with two attached hydrogens (primary N) is 1. The summed E-state index contributed by atoms with van der Waals surface area (Å²) in [5.74, 6) is -1.36. The summed E-state index contributed by atoms with van der Waals surface area (Å²) in [7, 11) is 0. The van der Waals surface area contributed by atoms with Crippen LogP contribution in [0.5, 0.6) is 0 Å². The lowest BCUT2D eigenvalue weighted by Gasteiger charge is -2.26. The van der Waals surface area contributed by atoms with Crippen LogP contribution in [0.4, 0.5) is 8.78 Å². The van der Waals surface area contributed by atoms with E-state index in [4.69, 9.17) is 10.5 Å². The van der Waals surface area contributed by atoms with Gasteiger partial charge in [0.25, 0.3) is 0 Å². The van der Waals surface area contributed by atoms with E-state index in [2.05, 4.69) is 5.32 Å². The van der Waals surface area contributed by atoms with Crippen LogP contribution >= 0.6 is 12.4 Å². The van der Waals surface area contributed by atoms with Gasteiger partial charge in [-0.2, -0.15) is 0 Å². The molecule has 0 saturated carbocycles. The molecule has 1 aromatic rings. The van der Waals surface area contributed by atoms with E-state index in [-0.39, 0.29) is 36.3 Å². The lowest BCUT2D eigenvalue weighted by molar-refractivity contribution is -0.124. The molecule has 0 aromatic heterocycles. The first kappa shape index (κ1) is 17.8. The highest BCUT2D eigenvalue weighted by Gasteiger charge is 2.26. The van der Waals surface area contributed by atoms with Gasteiger partial charge in [0.1, 0.15) is 11.6 Å². The summed E-state index contributed by atoms with van der Waals surface area (Å²) < 4.78 is 31.6. The summed E-state index contributed by atoms with van der Waals surface area (Å²) in [6.45, 7) is 1.13. The van der Waals surface area contributed by atoms with Crippen molar-refractivity contribution in [3.8, 4) is 0 Å². The van der Waals surface area contributed by atoms with Gasteiger partial charge in [-0.25, -0.2) is 8.78 Å². The fourth-order valence-corrected chi connectivity index (χ4v) is 2.27. The topological polar surface area (TPSA) is 64.4 Å². The quantitative estimate of drug-likeness (QED) is 0.888. The number of nitrogens with one attached hydrogen (secondary N) is 1. The molecule has 0 radical (unpaired) electrons. The van der Waals surface area contributed by atoms with Crippen molar-refractivity contribution in [1.82, 2.24) is 5.32 Å². The maximum Gasteiger partial charge on any atom is 0.237 e. The van der Waals surface area contributed by atoms with Gasteiger partial charge in [0.15, 0.2) is 0 Å². The second-order valence-corrected chi connectivity index (χ2v) is 4.93. The standard InChI is InChI=1S/C14H18F2N2O2.ClH/c15-11-1-2-12(16)10(7-11)8-18-14(19)13(17)9-3-5-20-6-4-9;/h1-2,7,9,13H,3-6,8,17H2,(H,18,19);1H. The summed E-state index contributed by atoms with van der Waals surface area (Å²) in [6.07, 6.45) is 1.48.